The van der Waals surface area contributed by atoms with E-state index in [0.29, 0.717) is 18.0 Å². The van der Waals surface area contributed by atoms with Crippen LogP contribution in [0, 0.1) is 11.7 Å². The number of nitrogens with zero attached hydrogens (tertiary/aromatic N) is 3. The predicted octanol–water partition coefficient (Wildman–Crippen LogP) is 2.79. The number of imidazole rings is 1. The first-order chi connectivity index (χ1) is 10.6. The van der Waals surface area contributed by atoms with E-state index >= 15 is 0 Å². The van der Waals surface area contributed by atoms with Gasteiger partial charge in [0, 0.05) is 18.7 Å². The first-order valence-corrected chi connectivity index (χ1v) is 8.13. The van der Waals surface area contributed by atoms with Crippen LogP contribution >= 0.6 is 0 Å². The van der Waals surface area contributed by atoms with Crippen molar-refractivity contribution in [3.63, 3.8) is 0 Å². The molecule has 1 aromatic carbocycles. The number of halogens is 1. The molecule has 4 nitrogen and oxygen atoms in total. The van der Waals surface area contributed by atoms with Gasteiger partial charge in [-0.25, -0.2) is 9.37 Å². The topological polar surface area (TPSA) is 41.3 Å². The maximum Gasteiger partial charge on any atom is 0.125 e. The second kappa shape index (κ2) is 6.34. The van der Waals surface area contributed by atoms with E-state index in [9.17, 15) is 9.50 Å². The van der Waals surface area contributed by atoms with E-state index in [1.165, 1.54) is 12.1 Å². The monoisotopic (exact) mass is 305 g/mol. The summed E-state index contributed by atoms with van der Waals surface area (Å²) in [6.45, 7) is 6.96. The molecule has 0 aliphatic carbocycles. The molecule has 22 heavy (non-hydrogen) atoms. The lowest BCUT2D eigenvalue weighted by Gasteiger charge is -2.38. The average Bonchev–Trinajstić information content (AvgIpc) is 2.83. The lowest BCUT2D eigenvalue weighted by atomic mass is 9.91. The Morgan fingerprint density at radius 3 is 2.95 bits per heavy atom. The molecule has 0 radical (unpaired) electrons. The Balaban J connectivity index is 1.92. The summed E-state index contributed by atoms with van der Waals surface area (Å²) in [5.74, 6) is 1.20. The van der Waals surface area contributed by atoms with Gasteiger partial charge >= 0.3 is 0 Å². The summed E-state index contributed by atoms with van der Waals surface area (Å²) in [6.07, 6.45) is 2.32. The quantitative estimate of drug-likeness (QED) is 0.944. The molecule has 2 unspecified atom stereocenters. The van der Waals surface area contributed by atoms with Crippen LogP contribution in [0.2, 0.25) is 0 Å². The number of rotatable bonds is 4. The molecule has 0 saturated carbocycles. The zero-order valence-electron chi connectivity index (χ0n) is 13.3. The molecule has 1 saturated heterocycles. The van der Waals surface area contributed by atoms with Gasteiger partial charge in [0.2, 0.25) is 0 Å². The Labute approximate surface area is 130 Å². The summed E-state index contributed by atoms with van der Waals surface area (Å²) < 4.78 is 15.6. The number of aryl methyl sites for hydroxylation is 1. The van der Waals surface area contributed by atoms with E-state index in [-0.39, 0.29) is 18.5 Å². The number of aromatic nitrogens is 2. The van der Waals surface area contributed by atoms with E-state index < -0.39 is 0 Å². The molecular formula is C17H24FN3O. The summed E-state index contributed by atoms with van der Waals surface area (Å²) >= 11 is 0. The van der Waals surface area contributed by atoms with Crippen molar-refractivity contribution in [3.05, 3.63) is 29.8 Å². The lowest BCUT2D eigenvalue weighted by molar-refractivity contribution is 0.0448. The van der Waals surface area contributed by atoms with Gasteiger partial charge in [-0.05, 0) is 44.4 Å². The Morgan fingerprint density at radius 2 is 2.23 bits per heavy atom. The molecule has 1 aliphatic rings. The standard InChI is InChI=1S/C17H24FN3O/c1-3-21-15-7-6-13(18)9-14(15)19-17(21)10-20-8-4-5-12(2)16(20)11-22/h6-7,9,12,16,22H,3-5,8,10-11H2,1-2H3. The van der Waals surface area contributed by atoms with Crippen LogP contribution in [-0.4, -0.2) is 38.8 Å². The maximum absolute atomic E-state index is 13.4. The highest BCUT2D eigenvalue weighted by molar-refractivity contribution is 5.76. The van der Waals surface area contributed by atoms with Crippen LogP contribution in [0.4, 0.5) is 4.39 Å². The molecule has 120 valence electrons. The van der Waals surface area contributed by atoms with Crippen LogP contribution in [0.5, 0.6) is 0 Å². The molecule has 1 N–H and O–H groups in total. The number of fused-ring (bicyclic) bond motifs is 1. The minimum atomic E-state index is -0.250. The Hall–Kier alpha value is -1.46. The van der Waals surface area contributed by atoms with Crippen LogP contribution in [0.1, 0.15) is 32.5 Å². The second-order valence-corrected chi connectivity index (χ2v) is 6.25. The van der Waals surface area contributed by atoms with Crippen molar-refractivity contribution in [1.82, 2.24) is 14.5 Å². The molecular weight excluding hydrogens is 281 g/mol. The number of hydrogen-bond donors (Lipinski definition) is 1. The fourth-order valence-corrected chi connectivity index (χ4v) is 3.63. The van der Waals surface area contributed by atoms with Gasteiger partial charge in [0.15, 0.2) is 0 Å². The minimum Gasteiger partial charge on any atom is -0.395 e. The van der Waals surface area contributed by atoms with E-state index in [0.717, 1.165) is 37.3 Å². The Morgan fingerprint density at radius 1 is 1.41 bits per heavy atom. The van der Waals surface area contributed by atoms with Crippen LogP contribution in [0.25, 0.3) is 11.0 Å². The SMILES string of the molecule is CCn1c(CN2CCCC(C)C2CO)nc2cc(F)ccc21. The summed E-state index contributed by atoms with van der Waals surface area (Å²) in [5.41, 5.74) is 1.69. The van der Waals surface area contributed by atoms with Gasteiger partial charge in [-0.2, -0.15) is 0 Å². The normalized spacial score (nSPS) is 23.3. The van der Waals surface area contributed by atoms with Gasteiger partial charge in [0.1, 0.15) is 11.6 Å². The fraction of sp³-hybridized carbons (Fsp3) is 0.588. The molecule has 1 aromatic heterocycles. The van der Waals surface area contributed by atoms with Gasteiger partial charge in [0.05, 0.1) is 24.2 Å². The smallest absolute Gasteiger partial charge is 0.125 e. The fourth-order valence-electron chi connectivity index (χ4n) is 3.63. The molecule has 2 aromatic rings. The maximum atomic E-state index is 13.4. The van der Waals surface area contributed by atoms with Gasteiger partial charge in [0.25, 0.3) is 0 Å². The largest absolute Gasteiger partial charge is 0.395 e. The molecule has 2 heterocycles. The second-order valence-electron chi connectivity index (χ2n) is 6.25. The van der Waals surface area contributed by atoms with Crippen LogP contribution in [-0.2, 0) is 13.1 Å². The number of aliphatic hydroxyl groups excluding tert-OH is 1. The average molecular weight is 305 g/mol. The third-order valence-electron chi connectivity index (χ3n) is 4.87. The Kier molecular flexibility index (Phi) is 4.45. The molecule has 1 fully saturated rings. The van der Waals surface area contributed by atoms with Gasteiger partial charge in [-0.3, -0.25) is 4.90 Å². The molecule has 1 aliphatic heterocycles. The number of piperidine rings is 1. The number of likely N-dealkylation sites (tertiary alicyclic amines) is 1. The molecule has 0 spiro atoms. The molecule has 0 bridgehead atoms. The van der Waals surface area contributed by atoms with E-state index in [4.69, 9.17) is 0 Å². The predicted molar refractivity (Wildman–Crippen MR) is 85.0 cm³/mol. The first-order valence-electron chi connectivity index (χ1n) is 8.13. The van der Waals surface area contributed by atoms with Gasteiger partial charge < -0.3 is 9.67 Å². The molecule has 5 heteroatoms. The molecule has 0 amide bonds. The van der Waals surface area contributed by atoms with Crippen molar-refractivity contribution in [1.29, 1.82) is 0 Å². The van der Waals surface area contributed by atoms with E-state index in [2.05, 4.69) is 28.3 Å². The van der Waals surface area contributed by atoms with Gasteiger partial charge in [-0.1, -0.05) is 6.92 Å². The lowest BCUT2D eigenvalue weighted by Crippen LogP contribution is -2.46. The summed E-state index contributed by atoms with van der Waals surface area (Å²) in [5, 5.41) is 9.69. The van der Waals surface area contributed by atoms with Gasteiger partial charge in [-0.15, -0.1) is 0 Å². The zero-order chi connectivity index (χ0) is 15.7. The molecule has 3 rings (SSSR count). The highest BCUT2D eigenvalue weighted by atomic mass is 19.1. The zero-order valence-corrected chi connectivity index (χ0v) is 13.3. The van der Waals surface area contributed by atoms with Crippen molar-refractivity contribution in [2.45, 2.75) is 45.8 Å². The van der Waals surface area contributed by atoms with E-state index in [1.807, 2.05) is 0 Å². The van der Waals surface area contributed by atoms with Crippen molar-refractivity contribution >= 4 is 11.0 Å². The Bertz CT molecular complexity index is 655. The van der Waals surface area contributed by atoms with Crippen molar-refractivity contribution < 1.29 is 9.50 Å². The third kappa shape index (κ3) is 2.75. The summed E-state index contributed by atoms with van der Waals surface area (Å²) in [4.78, 5) is 6.95. The third-order valence-corrected chi connectivity index (χ3v) is 4.87. The molecule has 2 atom stereocenters. The van der Waals surface area contributed by atoms with Crippen LogP contribution in [0.3, 0.4) is 0 Å². The first kappa shape index (κ1) is 15.4. The van der Waals surface area contributed by atoms with Crippen molar-refractivity contribution in [2.75, 3.05) is 13.2 Å². The van der Waals surface area contributed by atoms with E-state index in [1.54, 1.807) is 6.07 Å². The van der Waals surface area contributed by atoms with Crippen LogP contribution in [0.15, 0.2) is 18.2 Å². The summed E-state index contributed by atoms with van der Waals surface area (Å²) in [7, 11) is 0. The number of benzene rings is 1. The number of aliphatic hydroxyl groups is 1. The minimum absolute atomic E-state index is 0.183. The van der Waals surface area contributed by atoms with Crippen LogP contribution < -0.4 is 0 Å². The van der Waals surface area contributed by atoms with Crippen molar-refractivity contribution in [2.24, 2.45) is 5.92 Å². The number of hydrogen-bond acceptors (Lipinski definition) is 3. The van der Waals surface area contributed by atoms with Crippen molar-refractivity contribution in [3.8, 4) is 0 Å². The highest BCUT2D eigenvalue weighted by Crippen LogP contribution is 2.26. The highest BCUT2D eigenvalue weighted by Gasteiger charge is 2.29. The summed E-state index contributed by atoms with van der Waals surface area (Å²) in [6, 6.07) is 4.97.